The molecular weight excluding hydrogens is 356 g/mol. The largest absolute Gasteiger partial charge is 0.341 e. The van der Waals surface area contributed by atoms with Crippen molar-refractivity contribution in [2.24, 2.45) is 0 Å². The van der Waals surface area contributed by atoms with Crippen LogP contribution in [0.15, 0.2) is 29.2 Å². The van der Waals surface area contributed by atoms with E-state index >= 15 is 0 Å². The molecule has 0 aliphatic carbocycles. The van der Waals surface area contributed by atoms with Gasteiger partial charge in [0.2, 0.25) is 15.9 Å². The first-order valence-corrected chi connectivity index (χ1v) is 9.14. The van der Waals surface area contributed by atoms with E-state index in [-0.39, 0.29) is 24.5 Å². The first-order valence-electron chi connectivity index (χ1n) is 7.32. The number of nitrogens with one attached hydrogen (secondary N) is 2. The Kier molecular flexibility index (Phi) is 6.16. The van der Waals surface area contributed by atoms with Gasteiger partial charge < -0.3 is 5.32 Å². The molecule has 1 saturated heterocycles. The van der Waals surface area contributed by atoms with Gasteiger partial charge in [0.05, 0.1) is 11.4 Å². The van der Waals surface area contributed by atoms with Gasteiger partial charge in [-0.25, -0.2) is 13.2 Å². The van der Waals surface area contributed by atoms with Gasteiger partial charge in [-0.2, -0.15) is 4.31 Å². The molecule has 1 aliphatic rings. The number of amides is 3. The molecule has 0 saturated carbocycles. The molecule has 3 amide bonds. The monoisotopic (exact) mass is 374 g/mol. The van der Waals surface area contributed by atoms with Crippen molar-refractivity contribution in [2.75, 3.05) is 39.8 Å². The van der Waals surface area contributed by atoms with Gasteiger partial charge in [-0.05, 0) is 18.2 Å². The lowest BCUT2D eigenvalue weighted by Gasteiger charge is -2.33. The Hall–Kier alpha value is -1.68. The first kappa shape index (κ1) is 18.7. The highest BCUT2D eigenvalue weighted by Crippen LogP contribution is 2.20. The number of urea groups is 1. The predicted molar refractivity (Wildman–Crippen MR) is 89.2 cm³/mol. The Labute approximate surface area is 145 Å². The zero-order valence-corrected chi connectivity index (χ0v) is 14.7. The Morgan fingerprint density at radius 2 is 1.88 bits per heavy atom. The lowest BCUT2D eigenvalue weighted by atomic mass is 10.3. The number of sulfonamides is 1. The summed E-state index contributed by atoms with van der Waals surface area (Å²) in [5.41, 5.74) is 0. The summed E-state index contributed by atoms with van der Waals surface area (Å²) in [4.78, 5) is 24.7. The van der Waals surface area contributed by atoms with Gasteiger partial charge in [-0.1, -0.05) is 17.7 Å². The Bertz CT molecular complexity index is 717. The lowest BCUT2D eigenvalue weighted by Crippen LogP contribution is -2.52. The van der Waals surface area contributed by atoms with E-state index < -0.39 is 22.0 Å². The summed E-state index contributed by atoms with van der Waals surface area (Å²) in [6.45, 7) is 1.38. The number of benzene rings is 1. The molecule has 24 heavy (non-hydrogen) atoms. The number of carbonyl (C=O) groups excluding carboxylic acids is 2. The van der Waals surface area contributed by atoms with Crippen LogP contribution in [0, 0.1) is 0 Å². The number of nitrogens with zero attached hydrogens (tertiary/aromatic N) is 2. The van der Waals surface area contributed by atoms with Gasteiger partial charge >= 0.3 is 6.03 Å². The normalized spacial score (nSPS) is 16.6. The van der Waals surface area contributed by atoms with Crippen LogP contribution in [0.3, 0.4) is 0 Å². The molecule has 0 bridgehead atoms. The van der Waals surface area contributed by atoms with Crippen LogP contribution in [0.4, 0.5) is 4.79 Å². The first-order chi connectivity index (χ1) is 11.3. The molecular formula is C14H19ClN4O4S. The van der Waals surface area contributed by atoms with E-state index in [1.807, 2.05) is 0 Å². The lowest BCUT2D eigenvalue weighted by molar-refractivity contribution is -0.121. The van der Waals surface area contributed by atoms with Gasteiger partial charge in [0.25, 0.3) is 0 Å². The van der Waals surface area contributed by atoms with Gasteiger partial charge in [0, 0.05) is 38.2 Å². The molecule has 0 aromatic heterocycles. The number of hydrogen-bond donors (Lipinski definition) is 2. The topological polar surface area (TPSA) is 98.8 Å². The van der Waals surface area contributed by atoms with Crippen LogP contribution in [0.1, 0.15) is 0 Å². The summed E-state index contributed by atoms with van der Waals surface area (Å²) in [6.07, 6.45) is 0. The number of rotatable bonds is 4. The average Bonchev–Trinajstić information content (AvgIpc) is 2.55. The number of hydrogen-bond acceptors (Lipinski definition) is 5. The SMILES string of the molecule is CNC(=O)NC(=O)CN1CCN(S(=O)(=O)c2cccc(Cl)c2)CC1. The zero-order chi connectivity index (χ0) is 17.7. The standard InChI is InChI=1S/C14H19ClN4O4S/c1-16-14(21)17-13(20)10-18-5-7-19(8-6-18)24(22,23)12-4-2-3-11(15)9-12/h2-4,9H,5-8,10H2,1H3,(H2,16,17,20,21). The van der Waals surface area contributed by atoms with Crippen molar-refractivity contribution in [1.29, 1.82) is 0 Å². The van der Waals surface area contributed by atoms with Crippen LogP contribution in [0.25, 0.3) is 0 Å². The number of piperazine rings is 1. The van der Waals surface area contributed by atoms with Crippen LogP contribution in [-0.2, 0) is 14.8 Å². The van der Waals surface area contributed by atoms with Gasteiger partial charge in [0.15, 0.2) is 0 Å². The second-order valence-electron chi connectivity index (χ2n) is 5.26. The predicted octanol–water partition coefficient (Wildman–Crippen LogP) is 0.102. The highest BCUT2D eigenvalue weighted by Gasteiger charge is 2.29. The fourth-order valence-corrected chi connectivity index (χ4v) is 4.06. The average molecular weight is 375 g/mol. The zero-order valence-electron chi connectivity index (χ0n) is 13.2. The fraction of sp³-hybridized carbons (Fsp3) is 0.429. The smallest absolute Gasteiger partial charge is 0.321 e. The molecule has 0 spiro atoms. The molecule has 132 valence electrons. The Balaban J connectivity index is 1.92. The second kappa shape index (κ2) is 7.93. The van der Waals surface area contributed by atoms with E-state index in [1.165, 1.54) is 23.5 Å². The van der Waals surface area contributed by atoms with Crippen molar-refractivity contribution in [3.8, 4) is 0 Å². The van der Waals surface area contributed by atoms with Crippen LogP contribution in [0.2, 0.25) is 5.02 Å². The molecule has 1 aliphatic heterocycles. The van der Waals surface area contributed by atoms with Crippen molar-refractivity contribution < 1.29 is 18.0 Å². The summed E-state index contributed by atoms with van der Waals surface area (Å²) in [6, 6.07) is 5.56. The molecule has 1 fully saturated rings. The molecule has 0 atom stereocenters. The molecule has 10 heteroatoms. The van der Waals surface area contributed by atoms with E-state index in [2.05, 4.69) is 10.6 Å². The molecule has 2 rings (SSSR count). The van der Waals surface area contributed by atoms with Crippen molar-refractivity contribution in [3.05, 3.63) is 29.3 Å². The molecule has 0 radical (unpaired) electrons. The maximum Gasteiger partial charge on any atom is 0.321 e. The molecule has 2 N–H and O–H groups in total. The third kappa shape index (κ3) is 4.67. The number of halogens is 1. The van der Waals surface area contributed by atoms with Gasteiger partial charge in [-0.3, -0.25) is 15.0 Å². The quantitative estimate of drug-likeness (QED) is 0.779. The minimum atomic E-state index is -3.60. The summed E-state index contributed by atoms with van der Waals surface area (Å²) >= 11 is 5.86. The third-order valence-electron chi connectivity index (χ3n) is 3.61. The Morgan fingerprint density at radius 3 is 2.46 bits per heavy atom. The van der Waals surface area contributed by atoms with Crippen molar-refractivity contribution in [3.63, 3.8) is 0 Å². The van der Waals surface area contributed by atoms with Crippen molar-refractivity contribution in [2.45, 2.75) is 4.90 Å². The van der Waals surface area contributed by atoms with E-state index in [1.54, 1.807) is 17.0 Å². The van der Waals surface area contributed by atoms with Crippen LogP contribution >= 0.6 is 11.6 Å². The van der Waals surface area contributed by atoms with Crippen LogP contribution in [0.5, 0.6) is 0 Å². The van der Waals surface area contributed by atoms with E-state index in [4.69, 9.17) is 11.6 Å². The van der Waals surface area contributed by atoms with E-state index in [0.717, 1.165) is 0 Å². The third-order valence-corrected chi connectivity index (χ3v) is 5.74. The minimum Gasteiger partial charge on any atom is -0.341 e. The number of imide groups is 1. The second-order valence-corrected chi connectivity index (χ2v) is 7.64. The number of carbonyl (C=O) groups is 2. The fourth-order valence-electron chi connectivity index (χ4n) is 2.34. The Morgan fingerprint density at radius 1 is 1.21 bits per heavy atom. The van der Waals surface area contributed by atoms with Crippen molar-refractivity contribution in [1.82, 2.24) is 19.8 Å². The summed E-state index contributed by atoms with van der Waals surface area (Å²) in [7, 11) is -2.18. The highest BCUT2D eigenvalue weighted by atomic mass is 35.5. The molecule has 1 aromatic rings. The van der Waals surface area contributed by atoms with Gasteiger partial charge in [-0.15, -0.1) is 0 Å². The van der Waals surface area contributed by atoms with Crippen molar-refractivity contribution >= 4 is 33.6 Å². The highest BCUT2D eigenvalue weighted by molar-refractivity contribution is 7.89. The van der Waals surface area contributed by atoms with Crippen LogP contribution < -0.4 is 10.6 Å². The van der Waals surface area contributed by atoms with E-state index in [9.17, 15) is 18.0 Å². The molecule has 1 heterocycles. The van der Waals surface area contributed by atoms with E-state index in [0.29, 0.717) is 18.1 Å². The maximum absolute atomic E-state index is 12.6. The molecule has 8 nitrogen and oxygen atoms in total. The van der Waals surface area contributed by atoms with Crippen LogP contribution in [-0.4, -0.2) is 69.3 Å². The van der Waals surface area contributed by atoms with Gasteiger partial charge in [0.1, 0.15) is 0 Å². The minimum absolute atomic E-state index is 0.0402. The summed E-state index contributed by atoms with van der Waals surface area (Å²) in [5, 5.41) is 4.83. The molecule has 0 unspecified atom stereocenters. The summed E-state index contributed by atoms with van der Waals surface area (Å²) < 4.78 is 26.5. The maximum atomic E-state index is 12.6. The summed E-state index contributed by atoms with van der Waals surface area (Å²) in [5.74, 6) is -0.430. The molecule has 1 aromatic carbocycles.